The number of ketones is 1. The van der Waals surface area contributed by atoms with E-state index >= 15 is 0 Å². The molecular weight excluding hydrogens is 282 g/mol. The first kappa shape index (κ1) is 18.6. The monoisotopic (exact) mass is 311 g/mol. The van der Waals surface area contributed by atoms with Crippen molar-refractivity contribution in [2.45, 2.75) is 58.4 Å². The zero-order valence-corrected chi connectivity index (χ0v) is 13.8. The predicted octanol–water partition coefficient (Wildman–Crippen LogP) is 0.838. The van der Waals surface area contributed by atoms with Crippen LogP contribution in [0.1, 0.15) is 52.4 Å². The Balaban J connectivity index is 2.70. The Labute approximate surface area is 132 Å². The molecule has 2 amide bonds. The molecule has 0 radical (unpaired) electrons. The van der Waals surface area contributed by atoms with Crippen molar-refractivity contribution < 1.29 is 14.4 Å². The smallest absolute Gasteiger partial charge is 0.223 e. The minimum atomic E-state index is -0.386. The molecule has 1 fully saturated rings. The molecule has 1 saturated heterocycles. The first-order chi connectivity index (χ1) is 10.5. The summed E-state index contributed by atoms with van der Waals surface area (Å²) in [5, 5.41) is 3.09. The number of nitrogens with two attached hydrogens (primary N) is 1. The summed E-state index contributed by atoms with van der Waals surface area (Å²) < 4.78 is 0. The molecule has 22 heavy (non-hydrogen) atoms. The van der Waals surface area contributed by atoms with Crippen LogP contribution in [-0.2, 0) is 14.4 Å². The molecule has 1 rings (SSSR count). The van der Waals surface area contributed by atoms with E-state index in [1.54, 1.807) is 11.8 Å². The SMILES string of the molecule is CCCCN(C(=O)CCC(C)C(N)=O)[C@H]1CCCNCC1=O. The van der Waals surface area contributed by atoms with Gasteiger partial charge in [0.25, 0.3) is 0 Å². The third kappa shape index (κ3) is 5.75. The summed E-state index contributed by atoms with van der Waals surface area (Å²) in [6.45, 7) is 5.55. The molecular formula is C16H29N3O3. The van der Waals surface area contributed by atoms with Crippen molar-refractivity contribution in [1.29, 1.82) is 0 Å². The largest absolute Gasteiger partial charge is 0.369 e. The second-order valence-electron chi connectivity index (χ2n) is 6.08. The van der Waals surface area contributed by atoms with Crippen LogP contribution in [0.2, 0.25) is 0 Å². The summed E-state index contributed by atoms with van der Waals surface area (Å²) >= 11 is 0. The fourth-order valence-electron chi connectivity index (χ4n) is 2.65. The number of hydrogen-bond donors (Lipinski definition) is 2. The second kappa shape index (κ2) is 9.56. The molecule has 0 spiro atoms. The van der Waals surface area contributed by atoms with Gasteiger partial charge in [0.05, 0.1) is 12.6 Å². The van der Waals surface area contributed by atoms with Gasteiger partial charge in [-0.15, -0.1) is 0 Å². The standard InChI is InChI=1S/C16H29N3O3/c1-3-4-10-19(13-6-5-9-18-11-14(13)20)15(21)8-7-12(2)16(17)22/h12-13,18H,3-11H2,1-2H3,(H2,17,22)/t12?,13-/m0/s1. The number of hydrogen-bond acceptors (Lipinski definition) is 4. The molecule has 2 atom stereocenters. The molecule has 0 aromatic carbocycles. The fourth-order valence-corrected chi connectivity index (χ4v) is 2.65. The summed E-state index contributed by atoms with van der Waals surface area (Å²) in [6, 6.07) is -0.321. The molecule has 1 heterocycles. The number of nitrogens with one attached hydrogen (secondary N) is 1. The van der Waals surface area contributed by atoms with Gasteiger partial charge in [-0.05, 0) is 32.2 Å². The van der Waals surface area contributed by atoms with Crippen molar-refractivity contribution in [3.05, 3.63) is 0 Å². The topological polar surface area (TPSA) is 92.5 Å². The van der Waals surface area contributed by atoms with E-state index in [-0.39, 0.29) is 36.0 Å². The van der Waals surface area contributed by atoms with E-state index in [0.29, 0.717) is 25.9 Å². The van der Waals surface area contributed by atoms with Gasteiger partial charge in [0.1, 0.15) is 0 Å². The highest BCUT2D eigenvalue weighted by Crippen LogP contribution is 2.16. The van der Waals surface area contributed by atoms with Gasteiger partial charge < -0.3 is 16.0 Å². The molecule has 0 aliphatic carbocycles. The molecule has 3 N–H and O–H groups in total. The first-order valence-corrected chi connectivity index (χ1v) is 8.29. The lowest BCUT2D eigenvalue weighted by Crippen LogP contribution is -2.47. The summed E-state index contributed by atoms with van der Waals surface area (Å²) in [4.78, 5) is 37.6. The van der Waals surface area contributed by atoms with Crippen LogP contribution in [0, 0.1) is 5.92 Å². The molecule has 6 nitrogen and oxygen atoms in total. The molecule has 0 aromatic rings. The van der Waals surface area contributed by atoms with Crippen LogP contribution in [0.3, 0.4) is 0 Å². The summed E-state index contributed by atoms with van der Waals surface area (Å²) in [7, 11) is 0. The zero-order valence-electron chi connectivity index (χ0n) is 13.8. The van der Waals surface area contributed by atoms with Crippen molar-refractivity contribution in [3.63, 3.8) is 0 Å². The van der Waals surface area contributed by atoms with Gasteiger partial charge in [0, 0.05) is 18.9 Å². The quantitative estimate of drug-likeness (QED) is 0.694. The minimum absolute atomic E-state index is 0.0400. The van der Waals surface area contributed by atoms with E-state index in [0.717, 1.165) is 25.8 Å². The highest BCUT2D eigenvalue weighted by Gasteiger charge is 2.30. The average molecular weight is 311 g/mol. The maximum Gasteiger partial charge on any atom is 0.223 e. The number of nitrogens with zero attached hydrogens (tertiary/aromatic N) is 1. The lowest BCUT2D eigenvalue weighted by atomic mass is 10.0. The Hall–Kier alpha value is -1.43. The van der Waals surface area contributed by atoms with E-state index in [1.165, 1.54) is 0 Å². The molecule has 6 heteroatoms. The van der Waals surface area contributed by atoms with E-state index in [1.807, 2.05) is 0 Å². The van der Waals surface area contributed by atoms with E-state index < -0.39 is 0 Å². The number of amides is 2. The number of primary amides is 1. The Morgan fingerprint density at radius 3 is 2.82 bits per heavy atom. The Kier molecular flexibility index (Phi) is 8.09. The van der Waals surface area contributed by atoms with Crippen molar-refractivity contribution in [1.82, 2.24) is 10.2 Å². The molecule has 0 bridgehead atoms. The van der Waals surface area contributed by atoms with Crippen LogP contribution >= 0.6 is 0 Å². The third-order valence-corrected chi connectivity index (χ3v) is 4.23. The van der Waals surface area contributed by atoms with Crippen LogP contribution in [0.4, 0.5) is 0 Å². The van der Waals surface area contributed by atoms with Gasteiger partial charge in [-0.3, -0.25) is 14.4 Å². The van der Waals surface area contributed by atoms with Crippen molar-refractivity contribution >= 4 is 17.6 Å². The highest BCUT2D eigenvalue weighted by molar-refractivity contribution is 5.90. The summed E-state index contributed by atoms with van der Waals surface area (Å²) in [5.41, 5.74) is 5.24. The number of unbranched alkanes of at least 4 members (excludes halogenated alkanes) is 1. The number of Topliss-reactive ketones (excluding diaryl/α,β-unsaturated/α-hetero) is 1. The van der Waals surface area contributed by atoms with E-state index in [9.17, 15) is 14.4 Å². The van der Waals surface area contributed by atoms with Crippen molar-refractivity contribution in [3.8, 4) is 0 Å². The number of carbonyl (C=O) groups is 3. The molecule has 1 aliphatic heterocycles. The lowest BCUT2D eigenvalue weighted by Gasteiger charge is -2.30. The molecule has 126 valence electrons. The highest BCUT2D eigenvalue weighted by atomic mass is 16.2. The molecule has 1 unspecified atom stereocenters. The maximum absolute atomic E-state index is 12.5. The lowest BCUT2D eigenvalue weighted by molar-refractivity contribution is -0.139. The van der Waals surface area contributed by atoms with Gasteiger partial charge in [0.15, 0.2) is 5.78 Å². The van der Waals surface area contributed by atoms with Gasteiger partial charge in [0.2, 0.25) is 11.8 Å². The van der Waals surface area contributed by atoms with Crippen LogP contribution in [0.5, 0.6) is 0 Å². The van der Waals surface area contributed by atoms with E-state index in [4.69, 9.17) is 5.73 Å². The van der Waals surface area contributed by atoms with Gasteiger partial charge in [-0.1, -0.05) is 20.3 Å². The Morgan fingerprint density at radius 2 is 2.18 bits per heavy atom. The Bertz CT molecular complexity index is 398. The van der Waals surface area contributed by atoms with Gasteiger partial charge in [-0.2, -0.15) is 0 Å². The molecule has 0 saturated carbocycles. The third-order valence-electron chi connectivity index (χ3n) is 4.23. The van der Waals surface area contributed by atoms with Gasteiger partial charge >= 0.3 is 0 Å². The van der Waals surface area contributed by atoms with Gasteiger partial charge in [-0.25, -0.2) is 0 Å². The summed E-state index contributed by atoms with van der Waals surface area (Å²) in [5.74, 6) is -0.655. The normalized spacial score (nSPS) is 20.3. The average Bonchev–Trinajstić information content (AvgIpc) is 2.70. The number of rotatable bonds is 8. The summed E-state index contributed by atoms with van der Waals surface area (Å²) in [6.07, 6.45) is 4.17. The molecule has 0 aromatic heterocycles. The van der Waals surface area contributed by atoms with Crippen molar-refractivity contribution in [2.24, 2.45) is 11.7 Å². The first-order valence-electron chi connectivity index (χ1n) is 8.29. The van der Waals surface area contributed by atoms with Crippen LogP contribution in [-0.4, -0.2) is 48.2 Å². The number of carbonyl (C=O) groups excluding carboxylic acids is 3. The Morgan fingerprint density at radius 1 is 1.45 bits per heavy atom. The fraction of sp³-hybridized carbons (Fsp3) is 0.812. The minimum Gasteiger partial charge on any atom is -0.369 e. The zero-order chi connectivity index (χ0) is 16.5. The maximum atomic E-state index is 12.5. The molecule has 1 aliphatic rings. The van der Waals surface area contributed by atoms with Crippen molar-refractivity contribution in [2.75, 3.05) is 19.6 Å². The second-order valence-corrected chi connectivity index (χ2v) is 6.08. The van der Waals surface area contributed by atoms with Crippen LogP contribution < -0.4 is 11.1 Å². The van der Waals surface area contributed by atoms with E-state index in [2.05, 4.69) is 12.2 Å². The van der Waals surface area contributed by atoms with Crippen LogP contribution in [0.15, 0.2) is 0 Å². The predicted molar refractivity (Wildman–Crippen MR) is 85.1 cm³/mol. The van der Waals surface area contributed by atoms with Crippen LogP contribution in [0.25, 0.3) is 0 Å².